The first-order valence-corrected chi connectivity index (χ1v) is 5.32. The first-order chi connectivity index (χ1) is 7.50. The maximum absolute atomic E-state index is 13.8. The summed E-state index contributed by atoms with van der Waals surface area (Å²) in [6.07, 6.45) is 0. The lowest BCUT2D eigenvalue weighted by Crippen LogP contribution is -2.06. The van der Waals surface area contributed by atoms with E-state index in [0.717, 1.165) is 16.5 Å². The molecule has 0 saturated carbocycles. The number of pyridine rings is 1. The lowest BCUT2D eigenvalue weighted by molar-refractivity contribution is 0.631. The lowest BCUT2D eigenvalue weighted by Gasteiger charge is -2.12. The van der Waals surface area contributed by atoms with Gasteiger partial charge in [-0.15, -0.1) is 0 Å². The predicted octanol–water partition coefficient (Wildman–Crippen LogP) is 3.10. The molecule has 0 fully saturated rings. The van der Waals surface area contributed by atoms with Crippen molar-refractivity contribution in [2.75, 3.05) is 0 Å². The summed E-state index contributed by atoms with van der Waals surface area (Å²) in [5.41, 5.74) is 2.04. The number of aromatic nitrogens is 1. The molecule has 2 rings (SSSR count). The van der Waals surface area contributed by atoms with Gasteiger partial charge in [-0.1, -0.05) is 13.8 Å². The standard InChI is InChI=1S/C13H14FNO/c1-7(2)10-6-11(14)13-9(8(10)3)4-5-12(16)15-13/h4-7H,1-3H3,(H,15,16). The third-order valence-corrected chi connectivity index (χ3v) is 2.90. The first-order valence-electron chi connectivity index (χ1n) is 5.32. The Kier molecular flexibility index (Phi) is 2.54. The normalized spacial score (nSPS) is 11.3. The van der Waals surface area contributed by atoms with Crippen LogP contribution < -0.4 is 5.56 Å². The van der Waals surface area contributed by atoms with Gasteiger partial charge in [0, 0.05) is 11.5 Å². The van der Waals surface area contributed by atoms with Crippen LogP contribution in [0.2, 0.25) is 0 Å². The summed E-state index contributed by atoms with van der Waals surface area (Å²) in [6, 6.07) is 4.62. The highest BCUT2D eigenvalue weighted by Crippen LogP contribution is 2.27. The molecular weight excluding hydrogens is 205 g/mol. The topological polar surface area (TPSA) is 32.9 Å². The number of aromatic amines is 1. The minimum Gasteiger partial charge on any atom is -0.319 e. The van der Waals surface area contributed by atoms with E-state index in [1.165, 1.54) is 12.1 Å². The van der Waals surface area contributed by atoms with Crippen molar-refractivity contribution in [3.8, 4) is 0 Å². The van der Waals surface area contributed by atoms with Crippen molar-refractivity contribution in [2.45, 2.75) is 26.7 Å². The van der Waals surface area contributed by atoms with Crippen LogP contribution in [0.25, 0.3) is 10.9 Å². The van der Waals surface area contributed by atoms with E-state index in [9.17, 15) is 9.18 Å². The number of aryl methyl sites for hydroxylation is 1. The summed E-state index contributed by atoms with van der Waals surface area (Å²) in [5, 5.41) is 0.781. The van der Waals surface area contributed by atoms with Gasteiger partial charge < -0.3 is 4.98 Å². The van der Waals surface area contributed by atoms with Crippen LogP contribution in [0.5, 0.6) is 0 Å². The number of H-pyrrole nitrogens is 1. The molecule has 16 heavy (non-hydrogen) atoms. The van der Waals surface area contributed by atoms with E-state index in [1.54, 1.807) is 6.07 Å². The van der Waals surface area contributed by atoms with E-state index < -0.39 is 0 Å². The SMILES string of the molecule is Cc1c(C(C)C)cc(F)c2[nH]c(=O)ccc12. The number of halogens is 1. The average Bonchev–Trinajstić information content (AvgIpc) is 2.22. The van der Waals surface area contributed by atoms with Gasteiger partial charge in [-0.05, 0) is 36.1 Å². The fraction of sp³-hybridized carbons (Fsp3) is 0.308. The van der Waals surface area contributed by atoms with Crippen molar-refractivity contribution in [3.05, 3.63) is 45.5 Å². The Hall–Kier alpha value is -1.64. The van der Waals surface area contributed by atoms with Crippen molar-refractivity contribution in [1.82, 2.24) is 4.98 Å². The molecule has 0 atom stereocenters. The Labute approximate surface area is 93.1 Å². The summed E-state index contributed by atoms with van der Waals surface area (Å²) in [5.74, 6) is -0.0900. The van der Waals surface area contributed by atoms with E-state index >= 15 is 0 Å². The molecule has 0 amide bonds. The lowest BCUT2D eigenvalue weighted by atomic mass is 9.94. The third-order valence-electron chi connectivity index (χ3n) is 2.90. The summed E-state index contributed by atoms with van der Waals surface area (Å²) < 4.78 is 13.8. The van der Waals surface area contributed by atoms with Gasteiger partial charge in [-0.2, -0.15) is 0 Å². The van der Waals surface area contributed by atoms with Crippen LogP contribution in [0, 0.1) is 12.7 Å². The van der Waals surface area contributed by atoms with Gasteiger partial charge in [0.1, 0.15) is 5.82 Å². The molecule has 0 radical (unpaired) electrons. The molecule has 0 aliphatic heterocycles. The zero-order chi connectivity index (χ0) is 11.9. The Bertz CT molecular complexity index is 599. The Balaban J connectivity index is 2.90. The smallest absolute Gasteiger partial charge is 0.248 e. The Morgan fingerprint density at radius 1 is 1.31 bits per heavy atom. The summed E-state index contributed by atoms with van der Waals surface area (Å²) >= 11 is 0. The molecule has 0 spiro atoms. The van der Waals surface area contributed by atoms with E-state index in [4.69, 9.17) is 0 Å². The number of fused-ring (bicyclic) bond motifs is 1. The average molecular weight is 219 g/mol. The molecule has 84 valence electrons. The maximum Gasteiger partial charge on any atom is 0.248 e. The predicted molar refractivity (Wildman–Crippen MR) is 63.4 cm³/mol. The molecule has 1 N–H and O–H groups in total. The first kappa shape index (κ1) is 10.9. The van der Waals surface area contributed by atoms with Gasteiger partial charge in [0.15, 0.2) is 0 Å². The third kappa shape index (κ3) is 1.62. The molecule has 0 aliphatic rings. The quantitative estimate of drug-likeness (QED) is 0.785. The molecule has 1 heterocycles. The highest BCUT2D eigenvalue weighted by molar-refractivity contribution is 5.83. The number of rotatable bonds is 1. The molecule has 3 heteroatoms. The molecular formula is C13H14FNO. The Morgan fingerprint density at radius 2 is 2.00 bits per heavy atom. The van der Waals surface area contributed by atoms with Crippen LogP contribution in [0.3, 0.4) is 0 Å². The van der Waals surface area contributed by atoms with Gasteiger partial charge in [0.05, 0.1) is 5.52 Å². The van der Waals surface area contributed by atoms with Gasteiger partial charge in [-0.25, -0.2) is 4.39 Å². The maximum atomic E-state index is 13.8. The second kappa shape index (κ2) is 3.74. The zero-order valence-electron chi connectivity index (χ0n) is 9.60. The highest BCUT2D eigenvalue weighted by Gasteiger charge is 2.11. The monoisotopic (exact) mass is 219 g/mol. The second-order valence-corrected chi connectivity index (χ2v) is 4.34. The minimum atomic E-state index is -0.359. The van der Waals surface area contributed by atoms with E-state index in [-0.39, 0.29) is 17.3 Å². The van der Waals surface area contributed by atoms with Crippen molar-refractivity contribution >= 4 is 10.9 Å². The van der Waals surface area contributed by atoms with Crippen LogP contribution in [0.1, 0.15) is 30.9 Å². The van der Waals surface area contributed by atoms with E-state index in [1.807, 2.05) is 20.8 Å². The molecule has 0 aliphatic carbocycles. The molecule has 0 unspecified atom stereocenters. The minimum absolute atomic E-state index is 0.269. The van der Waals surface area contributed by atoms with E-state index in [0.29, 0.717) is 5.52 Å². The molecule has 2 nitrogen and oxygen atoms in total. The fourth-order valence-corrected chi connectivity index (χ4v) is 2.05. The van der Waals surface area contributed by atoms with Crippen molar-refractivity contribution < 1.29 is 4.39 Å². The van der Waals surface area contributed by atoms with Gasteiger partial charge in [0.25, 0.3) is 0 Å². The van der Waals surface area contributed by atoms with Crippen LogP contribution in [-0.2, 0) is 0 Å². The summed E-state index contributed by atoms with van der Waals surface area (Å²) in [7, 11) is 0. The second-order valence-electron chi connectivity index (χ2n) is 4.34. The summed E-state index contributed by atoms with van der Waals surface area (Å²) in [6.45, 7) is 6.01. The van der Waals surface area contributed by atoms with Crippen LogP contribution >= 0.6 is 0 Å². The van der Waals surface area contributed by atoms with E-state index in [2.05, 4.69) is 4.98 Å². The number of hydrogen-bond donors (Lipinski definition) is 1. The molecule has 0 bridgehead atoms. The number of hydrogen-bond acceptors (Lipinski definition) is 1. The number of benzene rings is 1. The fourth-order valence-electron chi connectivity index (χ4n) is 2.05. The van der Waals surface area contributed by atoms with Gasteiger partial charge in [-0.3, -0.25) is 4.79 Å². The van der Waals surface area contributed by atoms with Crippen LogP contribution in [0.15, 0.2) is 23.0 Å². The highest BCUT2D eigenvalue weighted by atomic mass is 19.1. The molecule has 1 aromatic carbocycles. The zero-order valence-corrected chi connectivity index (χ0v) is 9.60. The largest absolute Gasteiger partial charge is 0.319 e. The molecule has 0 saturated heterocycles. The molecule has 1 aromatic heterocycles. The van der Waals surface area contributed by atoms with Crippen molar-refractivity contribution in [1.29, 1.82) is 0 Å². The van der Waals surface area contributed by atoms with Crippen molar-refractivity contribution in [2.24, 2.45) is 0 Å². The number of nitrogens with one attached hydrogen (secondary N) is 1. The van der Waals surface area contributed by atoms with Crippen molar-refractivity contribution in [3.63, 3.8) is 0 Å². The van der Waals surface area contributed by atoms with Crippen LogP contribution in [0.4, 0.5) is 4.39 Å². The summed E-state index contributed by atoms with van der Waals surface area (Å²) in [4.78, 5) is 13.7. The molecule has 2 aromatic rings. The van der Waals surface area contributed by atoms with Gasteiger partial charge in [0.2, 0.25) is 5.56 Å². The van der Waals surface area contributed by atoms with Gasteiger partial charge >= 0.3 is 0 Å². The Morgan fingerprint density at radius 3 is 2.62 bits per heavy atom. The van der Waals surface area contributed by atoms with Crippen LogP contribution in [-0.4, -0.2) is 4.98 Å².